The third-order valence-corrected chi connectivity index (χ3v) is 9.59. The predicted octanol–water partition coefficient (Wildman–Crippen LogP) is 3.64. The summed E-state index contributed by atoms with van der Waals surface area (Å²) in [4.78, 5) is 68.3. The maximum Gasteiger partial charge on any atom is 0.408 e. The molecule has 4 rings (SSSR count). The molecule has 1 heterocycles. The van der Waals surface area contributed by atoms with Gasteiger partial charge in [0.1, 0.15) is 22.0 Å². The number of ketones is 1. The van der Waals surface area contributed by atoms with Crippen molar-refractivity contribution in [2.45, 2.75) is 80.9 Å². The van der Waals surface area contributed by atoms with Crippen molar-refractivity contribution in [3.8, 4) is 0 Å². The summed E-state index contributed by atoms with van der Waals surface area (Å²) in [6.45, 7) is 12.8. The quantitative estimate of drug-likeness (QED) is 0.128. The molecule has 244 valence electrons. The summed E-state index contributed by atoms with van der Waals surface area (Å²) in [5.74, 6) is -4.02. The van der Waals surface area contributed by atoms with Crippen molar-refractivity contribution < 1.29 is 28.7 Å². The van der Waals surface area contributed by atoms with Gasteiger partial charge in [-0.15, -0.1) is 36.4 Å². The molecule has 2 aliphatic carbocycles. The van der Waals surface area contributed by atoms with E-state index >= 15 is 0 Å². The van der Waals surface area contributed by atoms with Gasteiger partial charge >= 0.3 is 6.09 Å². The van der Waals surface area contributed by atoms with Crippen LogP contribution in [0.2, 0.25) is 0 Å². The Balaban J connectivity index is 1.58. The molecule has 0 spiro atoms. The molecule has 45 heavy (non-hydrogen) atoms. The zero-order valence-corrected chi connectivity index (χ0v) is 27.5. The standard InChI is InChI=1S/C33H42Cl2N4O6/c1-6-8-14-23(27(40)29(42)36-15-9-7-2)37-28(41)26-24-22(33(24,34)35)18-39(26)30(43)25(38-31(44)45-32(3,4)5)21-16-19-12-10-11-13-20(19)17-21/h6-7,10-13,21-26H,1-2,8-9,14-18H2,3-5H3,(H,36,42)(H,37,41)(H,38,44)/t22-,23?,24-,25?,26-/m0/s1. The maximum atomic E-state index is 14.4. The highest BCUT2D eigenvalue weighted by molar-refractivity contribution is 6.51. The van der Waals surface area contributed by atoms with E-state index in [-0.39, 0.29) is 31.3 Å². The summed E-state index contributed by atoms with van der Waals surface area (Å²) >= 11 is 13.1. The van der Waals surface area contributed by atoms with Crippen LogP contribution in [0.5, 0.6) is 0 Å². The molecule has 2 unspecified atom stereocenters. The van der Waals surface area contributed by atoms with Crippen molar-refractivity contribution in [2.75, 3.05) is 13.1 Å². The number of nitrogens with one attached hydrogen (secondary N) is 3. The number of nitrogens with zero attached hydrogens (tertiary/aromatic N) is 1. The lowest BCUT2D eigenvalue weighted by Crippen LogP contribution is -2.60. The molecule has 0 radical (unpaired) electrons. The van der Waals surface area contributed by atoms with Gasteiger partial charge in [0.25, 0.3) is 5.91 Å². The number of piperidine rings is 1. The molecule has 12 heteroatoms. The molecule has 1 aliphatic heterocycles. The molecule has 10 nitrogen and oxygen atoms in total. The number of alkyl carbamates (subject to hydrolysis) is 1. The smallest absolute Gasteiger partial charge is 0.408 e. The Morgan fingerprint density at radius 1 is 1.04 bits per heavy atom. The van der Waals surface area contributed by atoms with E-state index in [0.29, 0.717) is 25.7 Å². The van der Waals surface area contributed by atoms with Gasteiger partial charge in [0.2, 0.25) is 17.6 Å². The highest BCUT2D eigenvalue weighted by atomic mass is 35.5. The molecule has 1 saturated heterocycles. The minimum absolute atomic E-state index is 0.0913. The van der Waals surface area contributed by atoms with E-state index in [1.807, 2.05) is 24.3 Å². The summed E-state index contributed by atoms with van der Waals surface area (Å²) < 4.78 is 4.26. The number of fused-ring (bicyclic) bond motifs is 2. The third-order valence-electron chi connectivity index (χ3n) is 8.53. The van der Waals surface area contributed by atoms with Crippen LogP contribution >= 0.6 is 23.2 Å². The number of likely N-dealkylation sites (tertiary alicyclic amines) is 1. The van der Waals surface area contributed by atoms with Gasteiger partial charge in [-0.05, 0) is 69.9 Å². The summed E-state index contributed by atoms with van der Waals surface area (Å²) in [6.07, 6.45) is 4.51. The fourth-order valence-electron chi connectivity index (χ4n) is 6.30. The molecule has 3 aliphatic rings. The maximum absolute atomic E-state index is 14.4. The van der Waals surface area contributed by atoms with Crippen LogP contribution in [-0.4, -0.2) is 75.6 Å². The SMILES string of the molecule is C=CCCNC(=O)C(=O)C(CCC=C)NC(=O)[C@@H]1[C@@H]2[C@H](CN1C(=O)C(NC(=O)OC(C)(C)C)C1Cc3ccccc3C1)C2(Cl)Cl. The Hall–Kier alpha value is -3.37. The van der Waals surface area contributed by atoms with Gasteiger partial charge in [-0.25, -0.2) is 4.79 Å². The lowest BCUT2D eigenvalue weighted by Gasteiger charge is -2.35. The Morgan fingerprint density at radius 2 is 1.67 bits per heavy atom. The second-order valence-corrected chi connectivity index (χ2v) is 14.4. The van der Waals surface area contributed by atoms with Gasteiger partial charge in [-0.1, -0.05) is 36.4 Å². The van der Waals surface area contributed by atoms with E-state index in [2.05, 4.69) is 29.1 Å². The molecule has 0 aromatic heterocycles. The lowest BCUT2D eigenvalue weighted by molar-refractivity contribution is -0.144. The second-order valence-electron chi connectivity index (χ2n) is 12.9. The monoisotopic (exact) mass is 660 g/mol. The van der Waals surface area contributed by atoms with Crippen LogP contribution in [0.1, 0.15) is 51.2 Å². The van der Waals surface area contributed by atoms with Crippen LogP contribution in [0, 0.1) is 17.8 Å². The molecule has 1 aromatic rings. The predicted molar refractivity (Wildman–Crippen MR) is 172 cm³/mol. The Labute approximate surface area is 274 Å². The first-order valence-electron chi connectivity index (χ1n) is 15.3. The molecular weight excluding hydrogens is 619 g/mol. The van der Waals surface area contributed by atoms with Crippen molar-refractivity contribution in [3.63, 3.8) is 0 Å². The molecule has 0 bridgehead atoms. The summed E-state index contributed by atoms with van der Waals surface area (Å²) in [7, 11) is 0. The third kappa shape index (κ3) is 7.90. The van der Waals surface area contributed by atoms with Gasteiger partial charge in [0.05, 0.1) is 6.04 Å². The average molecular weight is 662 g/mol. The number of ether oxygens (including phenoxy) is 1. The molecule has 4 amide bonds. The second kappa shape index (κ2) is 14.0. The van der Waals surface area contributed by atoms with E-state index in [9.17, 15) is 24.0 Å². The van der Waals surface area contributed by atoms with Crippen LogP contribution in [0.3, 0.4) is 0 Å². The largest absolute Gasteiger partial charge is 0.444 e. The first kappa shape index (κ1) is 34.5. The van der Waals surface area contributed by atoms with Crippen LogP contribution in [0.15, 0.2) is 49.6 Å². The van der Waals surface area contributed by atoms with Gasteiger partial charge < -0.3 is 25.6 Å². The van der Waals surface area contributed by atoms with E-state index in [0.717, 1.165) is 11.1 Å². The molecule has 3 N–H and O–H groups in total. The Kier molecular flexibility index (Phi) is 10.7. The number of allylic oxidation sites excluding steroid dienone is 1. The van der Waals surface area contributed by atoms with Crippen LogP contribution < -0.4 is 16.0 Å². The summed E-state index contributed by atoms with van der Waals surface area (Å²) in [5, 5.41) is 8.02. The lowest BCUT2D eigenvalue weighted by atomic mass is 9.94. The van der Waals surface area contributed by atoms with E-state index in [1.54, 1.807) is 32.9 Å². The van der Waals surface area contributed by atoms with Crippen LogP contribution in [0.25, 0.3) is 0 Å². The Bertz CT molecular complexity index is 1330. The van der Waals surface area contributed by atoms with E-state index < -0.39 is 63.6 Å². The number of halogens is 2. The zero-order chi connectivity index (χ0) is 33.1. The Morgan fingerprint density at radius 3 is 2.24 bits per heavy atom. The molecule has 5 atom stereocenters. The van der Waals surface area contributed by atoms with Crippen molar-refractivity contribution in [1.29, 1.82) is 0 Å². The summed E-state index contributed by atoms with van der Waals surface area (Å²) in [6, 6.07) is 4.56. The zero-order valence-electron chi connectivity index (χ0n) is 25.9. The average Bonchev–Trinajstić information content (AvgIpc) is 3.34. The van der Waals surface area contributed by atoms with Crippen molar-refractivity contribution in [3.05, 3.63) is 60.7 Å². The minimum atomic E-state index is -1.24. The van der Waals surface area contributed by atoms with Gasteiger partial charge in [0.15, 0.2) is 0 Å². The van der Waals surface area contributed by atoms with Gasteiger partial charge in [0, 0.05) is 24.9 Å². The van der Waals surface area contributed by atoms with Gasteiger partial charge in [-0.2, -0.15) is 0 Å². The number of benzene rings is 1. The number of alkyl halides is 2. The van der Waals surface area contributed by atoms with Crippen LogP contribution in [-0.2, 0) is 36.8 Å². The number of Topliss-reactive ketones (excluding diaryl/α,β-unsaturated/α-hetero) is 1. The fraction of sp³-hybridized carbons (Fsp3) is 0.545. The molecule has 2 fully saturated rings. The highest BCUT2D eigenvalue weighted by Crippen LogP contribution is 2.65. The molecule has 1 saturated carbocycles. The van der Waals surface area contributed by atoms with E-state index in [1.165, 1.54) is 4.90 Å². The van der Waals surface area contributed by atoms with Crippen molar-refractivity contribution in [2.24, 2.45) is 17.8 Å². The first-order chi connectivity index (χ1) is 21.2. The fourth-order valence-corrected chi connectivity index (χ4v) is 7.13. The van der Waals surface area contributed by atoms with Crippen LogP contribution in [0.4, 0.5) is 4.79 Å². The number of carbonyl (C=O) groups is 5. The molecule has 1 aromatic carbocycles. The van der Waals surface area contributed by atoms with Gasteiger partial charge in [-0.3, -0.25) is 19.2 Å². The number of rotatable bonds is 13. The normalized spacial score (nSPS) is 22.7. The highest BCUT2D eigenvalue weighted by Gasteiger charge is 2.74. The number of carbonyl (C=O) groups excluding carboxylic acids is 5. The van der Waals surface area contributed by atoms with E-state index in [4.69, 9.17) is 27.9 Å². The summed E-state index contributed by atoms with van der Waals surface area (Å²) in [5.41, 5.74) is 1.37. The minimum Gasteiger partial charge on any atom is -0.444 e. The van der Waals surface area contributed by atoms with Crippen molar-refractivity contribution in [1.82, 2.24) is 20.9 Å². The van der Waals surface area contributed by atoms with Crippen molar-refractivity contribution >= 4 is 52.8 Å². The number of hydrogen-bond acceptors (Lipinski definition) is 6. The number of hydrogen-bond donors (Lipinski definition) is 3. The first-order valence-corrected chi connectivity index (χ1v) is 16.0. The topological polar surface area (TPSA) is 134 Å². The number of amides is 4. The molecular formula is C33H42Cl2N4O6.